The standard InChI is InChI=1S/C10H18N2O4S/c1-2-16-9(13)7-11-10(14)12-8-3-5-17(15)6-4-8/h8H,2-7H2,1H3,(H2,11,12,14). The molecule has 0 aromatic heterocycles. The van der Waals surface area contributed by atoms with Gasteiger partial charge in [0.1, 0.15) is 6.54 Å². The molecule has 17 heavy (non-hydrogen) atoms. The first-order chi connectivity index (χ1) is 8.11. The lowest BCUT2D eigenvalue weighted by Gasteiger charge is -2.22. The fraction of sp³-hybridized carbons (Fsp3) is 0.800. The number of carbonyl (C=O) groups excluding carboxylic acids is 2. The molecule has 2 N–H and O–H groups in total. The van der Waals surface area contributed by atoms with Crippen molar-refractivity contribution in [3.8, 4) is 0 Å². The van der Waals surface area contributed by atoms with Gasteiger partial charge in [0.25, 0.3) is 0 Å². The van der Waals surface area contributed by atoms with Gasteiger partial charge < -0.3 is 15.4 Å². The highest BCUT2D eigenvalue weighted by molar-refractivity contribution is 7.85. The Labute approximate surface area is 103 Å². The molecule has 0 aliphatic carbocycles. The average molecular weight is 262 g/mol. The smallest absolute Gasteiger partial charge is 0.325 e. The topological polar surface area (TPSA) is 84.5 Å². The Morgan fingerprint density at radius 2 is 2.00 bits per heavy atom. The molecule has 1 rings (SSSR count). The lowest BCUT2D eigenvalue weighted by atomic mass is 10.2. The molecule has 0 atom stereocenters. The van der Waals surface area contributed by atoms with Crippen molar-refractivity contribution in [1.82, 2.24) is 10.6 Å². The van der Waals surface area contributed by atoms with E-state index in [1.807, 2.05) is 0 Å². The van der Waals surface area contributed by atoms with E-state index >= 15 is 0 Å². The van der Waals surface area contributed by atoms with Gasteiger partial charge in [0.05, 0.1) is 6.61 Å². The van der Waals surface area contributed by atoms with Crippen LogP contribution in [0.5, 0.6) is 0 Å². The zero-order chi connectivity index (χ0) is 12.7. The minimum Gasteiger partial charge on any atom is -0.465 e. The zero-order valence-electron chi connectivity index (χ0n) is 9.86. The van der Waals surface area contributed by atoms with Crippen LogP contribution in [0.2, 0.25) is 0 Å². The highest BCUT2D eigenvalue weighted by atomic mass is 32.2. The molecule has 1 fully saturated rings. The van der Waals surface area contributed by atoms with Crippen LogP contribution in [0.3, 0.4) is 0 Å². The summed E-state index contributed by atoms with van der Waals surface area (Å²) in [6.07, 6.45) is 1.44. The van der Waals surface area contributed by atoms with E-state index in [9.17, 15) is 13.8 Å². The fourth-order valence-corrected chi connectivity index (χ4v) is 2.84. The van der Waals surface area contributed by atoms with E-state index < -0.39 is 16.8 Å². The molecule has 0 aromatic carbocycles. The maximum Gasteiger partial charge on any atom is 0.325 e. The minimum atomic E-state index is -0.735. The number of rotatable bonds is 4. The molecule has 0 unspecified atom stereocenters. The van der Waals surface area contributed by atoms with Gasteiger partial charge in [0, 0.05) is 28.3 Å². The van der Waals surface area contributed by atoms with Crippen molar-refractivity contribution in [2.75, 3.05) is 24.7 Å². The molecule has 1 saturated heterocycles. The largest absolute Gasteiger partial charge is 0.465 e. The Balaban J connectivity index is 2.16. The number of amides is 2. The second-order valence-corrected chi connectivity index (χ2v) is 5.45. The number of ether oxygens (including phenoxy) is 1. The van der Waals surface area contributed by atoms with Gasteiger partial charge in [-0.25, -0.2) is 4.79 Å². The van der Waals surface area contributed by atoms with Crippen molar-refractivity contribution < 1.29 is 18.5 Å². The van der Waals surface area contributed by atoms with Crippen LogP contribution < -0.4 is 10.6 Å². The van der Waals surface area contributed by atoms with Gasteiger partial charge in [-0.1, -0.05) is 0 Å². The van der Waals surface area contributed by atoms with Crippen LogP contribution in [0, 0.1) is 0 Å². The highest BCUT2D eigenvalue weighted by Crippen LogP contribution is 2.08. The molecule has 0 radical (unpaired) electrons. The van der Waals surface area contributed by atoms with Crippen LogP contribution in [-0.4, -0.2) is 46.9 Å². The van der Waals surface area contributed by atoms with Crippen LogP contribution in [-0.2, 0) is 20.3 Å². The Bertz CT molecular complexity index is 299. The molecule has 7 heteroatoms. The lowest BCUT2D eigenvalue weighted by molar-refractivity contribution is -0.141. The van der Waals surface area contributed by atoms with Crippen molar-refractivity contribution in [3.05, 3.63) is 0 Å². The summed E-state index contributed by atoms with van der Waals surface area (Å²) in [5.41, 5.74) is 0. The number of urea groups is 1. The van der Waals surface area contributed by atoms with Crippen molar-refractivity contribution in [2.24, 2.45) is 0 Å². The Kier molecular flexibility index (Phi) is 5.96. The quantitative estimate of drug-likeness (QED) is 0.685. The van der Waals surface area contributed by atoms with Gasteiger partial charge in [-0.15, -0.1) is 0 Å². The van der Waals surface area contributed by atoms with Crippen LogP contribution in [0.25, 0.3) is 0 Å². The molecule has 98 valence electrons. The second-order valence-electron chi connectivity index (χ2n) is 3.75. The maximum atomic E-state index is 11.4. The van der Waals surface area contributed by atoms with Gasteiger partial charge in [-0.3, -0.25) is 9.00 Å². The number of carbonyl (C=O) groups is 2. The highest BCUT2D eigenvalue weighted by Gasteiger charge is 2.19. The predicted octanol–water partition coefficient (Wildman–Crippen LogP) is -0.240. The number of hydrogen-bond acceptors (Lipinski definition) is 4. The van der Waals surface area contributed by atoms with Crippen molar-refractivity contribution >= 4 is 22.8 Å². The number of hydrogen-bond donors (Lipinski definition) is 2. The average Bonchev–Trinajstić information content (AvgIpc) is 2.30. The van der Waals surface area contributed by atoms with Gasteiger partial charge in [0.2, 0.25) is 0 Å². The molecule has 6 nitrogen and oxygen atoms in total. The molecule has 1 aliphatic rings. The summed E-state index contributed by atoms with van der Waals surface area (Å²) in [6, 6.07) is -0.328. The van der Waals surface area contributed by atoms with E-state index in [1.165, 1.54) is 0 Å². The molecule has 1 aliphatic heterocycles. The molecule has 1 heterocycles. The Hall–Kier alpha value is -1.11. The van der Waals surface area contributed by atoms with Gasteiger partial charge in [-0.05, 0) is 19.8 Å². The van der Waals surface area contributed by atoms with E-state index in [-0.39, 0.29) is 18.6 Å². The summed E-state index contributed by atoms with van der Waals surface area (Å²) < 4.78 is 15.8. The Morgan fingerprint density at radius 3 is 2.59 bits per heavy atom. The van der Waals surface area contributed by atoms with E-state index in [0.717, 1.165) is 12.8 Å². The second kappa shape index (κ2) is 7.26. The first-order valence-electron chi connectivity index (χ1n) is 5.66. The SMILES string of the molecule is CCOC(=O)CNC(=O)NC1CCS(=O)CC1. The van der Waals surface area contributed by atoms with Gasteiger partial charge >= 0.3 is 12.0 Å². The van der Waals surface area contributed by atoms with E-state index in [1.54, 1.807) is 6.92 Å². The van der Waals surface area contributed by atoms with E-state index in [4.69, 9.17) is 0 Å². The number of nitrogens with one attached hydrogen (secondary N) is 2. The maximum absolute atomic E-state index is 11.4. The third kappa shape index (κ3) is 5.67. The van der Waals surface area contributed by atoms with Gasteiger partial charge in [0.15, 0.2) is 0 Å². The molecule has 0 spiro atoms. The normalized spacial score (nSPS) is 23.8. The predicted molar refractivity (Wildman–Crippen MR) is 64.1 cm³/mol. The first kappa shape index (κ1) is 14.0. The lowest BCUT2D eigenvalue weighted by Crippen LogP contribution is -2.46. The summed E-state index contributed by atoms with van der Waals surface area (Å²) in [5, 5.41) is 5.17. The van der Waals surface area contributed by atoms with Crippen LogP contribution in [0.1, 0.15) is 19.8 Å². The number of esters is 1. The molecular weight excluding hydrogens is 244 g/mol. The summed E-state index contributed by atoms with van der Waals surface area (Å²) in [4.78, 5) is 22.4. The van der Waals surface area contributed by atoms with Crippen molar-refractivity contribution in [3.63, 3.8) is 0 Å². The summed E-state index contributed by atoms with van der Waals surface area (Å²) in [5.74, 6) is 0.804. The third-order valence-corrected chi connectivity index (χ3v) is 3.80. The molecule has 0 aromatic rings. The first-order valence-corrected chi connectivity index (χ1v) is 7.15. The van der Waals surface area contributed by atoms with Crippen LogP contribution in [0.15, 0.2) is 0 Å². The zero-order valence-corrected chi connectivity index (χ0v) is 10.7. The minimum absolute atomic E-state index is 0.0508. The van der Waals surface area contributed by atoms with Crippen LogP contribution in [0.4, 0.5) is 4.79 Å². The molecular formula is C10H18N2O4S. The summed E-state index contributed by atoms with van der Waals surface area (Å²) in [7, 11) is -0.735. The third-order valence-electron chi connectivity index (χ3n) is 2.42. The van der Waals surface area contributed by atoms with E-state index in [0.29, 0.717) is 18.1 Å². The fourth-order valence-electron chi connectivity index (χ4n) is 1.54. The Morgan fingerprint density at radius 1 is 1.35 bits per heavy atom. The van der Waals surface area contributed by atoms with Crippen molar-refractivity contribution in [2.45, 2.75) is 25.8 Å². The van der Waals surface area contributed by atoms with Crippen LogP contribution >= 0.6 is 0 Å². The monoisotopic (exact) mass is 262 g/mol. The van der Waals surface area contributed by atoms with Gasteiger partial charge in [-0.2, -0.15) is 0 Å². The van der Waals surface area contributed by atoms with E-state index in [2.05, 4.69) is 15.4 Å². The molecule has 0 bridgehead atoms. The van der Waals surface area contributed by atoms with Crippen molar-refractivity contribution in [1.29, 1.82) is 0 Å². The molecule has 0 saturated carbocycles. The summed E-state index contributed by atoms with van der Waals surface area (Å²) in [6.45, 7) is 1.88. The summed E-state index contributed by atoms with van der Waals surface area (Å²) >= 11 is 0. The molecule has 2 amide bonds.